The second-order valence-electron chi connectivity index (χ2n) is 16.7. The van der Waals surface area contributed by atoms with E-state index in [9.17, 15) is 27.6 Å². The van der Waals surface area contributed by atoms with Gasteiger partial charge in [-0.25, -0.2) is 13.4 Å². The number of fused-ring (bicyclic) bond motifs is 3. The molecule has 4 amide bonds. The molecule has 17 heteroatoms. The van der Waals surface area contributed by atoms with Crippen LogP contribution in [-0.2, 0) is 31.0 Å². The topological polar surface area (TPSA) is 200 Å². The number of amides is 4. The number of carbonyl (C=O) groups excluding carboxylic acids is 4. The van der Waals surface area contributed by atoms with Crippen LogP contribution in [0.2, 0.25) is 0 Å². The fourth-order valence-corrected chi connectivity index (χ4v) is 9.31. The van der Waals surface area contributed by atoms with E-state index in [0.717, 1.165) is 18.4 Å². The number of carbonyl (C=O) groups is 4. The maximum absolute atomic E-state index is 14.8. The number of hydrogen-bond donors (Lipinski definition) is 3. The average Bonchev–Trinajstić information content (AvgIpc) is 3.97. The molecule has 1 saturated heterocycles. The quantitative estimate of drug-likeness (QED) is 0.235. The minimum Gasteiger partial charge on any atom is -0.496 e. The lowest BCUT2D eigenvalue weighted by Gasteiger charge is -2.30. The van der Waals surface area contributed by atoms with Gasteiger partial charge in [-0.2, -0.15) is 5.10 Å². The van der Waals surface area contributed by atoms with E-state index >= 15 is 0 Å². The number of allylic oxidation sites excluding steroid dienone is 1. The maximum atomic E-state index is 14.8. The van der Waals surface area contributed by atoms with Crippen LogP contribution in [0.4, 0.5) is 0 Å². The molecule has 2 aliphatic carbocycles. The second-order valence-corrected chi connectivity index (χ2v) is 18.9. The number of aryl methyl sites for hydroxylation is 2. The van der Waals surface area contributed by atoms with Gasteiger partial charge in [0.05, 0.1) is 30.0 Å². The number of methoxy groups -OCH3 is 1. The molecule has 3 N–H and O–H groups in total. The van der Waals surface area contributed by atoms with E-state index in [0.29, 0.717) is 66.9 Å². The number of sulfonamides is 1. The summed E-state index contributed by atoms with van der Waals surface area (Å²) < 4.78 is 47.6. The molecule has 0 bridgehead atoms. The monoisotopic (exact) mass is 833 g/mol. The number of nitrogens with one attached hydrogen (secondary N) is 3. The van der Waals surface area contributed by atoms with Crippen LogP contribution in [0.15, 0.2) is 42.6 Å². The smallest absolute Gasteiger partial charge is 0.272 e. The molecule has 1 aromatic carbocycles. The highest BCUT2D eigenvalue weighted by Gasteiger charge is 2.63. The largest absolute Gasteiger partial charge is 0.496 e. The van der Waals surface area contributed by atoms with Gasteiger partial charge >= 0.3 is 0 Å². The highest BCUT2D eigenvalue weighted by atomic mass is 32.2. The molecule has 0 radical (unpaired) electrons. The van der Waals surface area contributed by atoms with Crippen molar-refractivity contribution < 1.29 is 41.8 Å². The number of ether oxygens (including phenoxy) is 3. The summed E-state index contributed by atoms with van der Waals surface area (Å²) in [5.74, 6) is -1.49. The number of aromatic nitrogens is 3. The van der Waals surface area contributed by atoms with Crippen molar-refractivity contribution in [3.63, 3.8) is 0 Å². The number of nitrogens with zero attached hydrogens (tertiary/aromatic N) is 4. The molecule has 4 heterocycles. The summed E-state index contributed by atoms with van der Waals surface area (Å²) in [5.41, 5.74) is 0.000693. The van der Waals surface area contributed by atoms with E-state index in [1.165, 1.54) is 4.90 Å². The Hall–Kier alpha value is -5.19. The summed E-state index contributed by atoms with van der Waals surface area (Å²) >= 11 is 0. The Bertz CT molecular complexity index is 2270. The summed E-state index contributed by atoms with van der Waals surface area (Å²) in [7, 11) is -2.43. The van der Waals surface area contributed by atoms with Crippen LogP contribution in [-0.4, -0.2) is 99.9 Å². The number of rotatable bonds is 11. The summed E-state index contributed by atoms with van der Waals surface area (Å²) in [4.78, 5) is 63.1. The molecule has 16 nitrogen and oxygen atoms in total. The number of benzene rings is 1. The summed E-state index contributed by atoms with van der Waals surface area (Å²) in [6, 6.07) is 4.79. The Labute approximate surface area is 344 Å². The number of pyridine rings is 1. The van der Waals surface area contributed by atoms with Gasteiger partial charge in [-0.15, -0.1) is 0 Å². The predicted octanol–water partition coefficient (Wildman–Crippen LogP) is 4.10. The molecule has 2 saturated carbocycles. The normalized spacial score (nSPS) is 25.6. The summed E-state index contributed by atoms with van der Waals surface area (Å²) in [5, 5.41) is 10.8. The van der Waals surface area contributed by atoms with Gasteiger partial charge in [-0.05, 0) is 91.3 Å². The van der Waals surface area contributed by atoms with E-state index in [1.807, 2.05) is 52.0 Å². The Morgan fingerprint density at radius 3 is 2.58 bits per heavy atom. The lowest BCUT2D eigenvalue weighted by Crippen LogP contribution is -2.58. The molecule has 2 aromatic heterocycles. The van der Waals surface area contributed by atoms with E-state index < -0.39 is 68.0 Å². The van der Waals surface area contributed by atoms with Crippen LogP contribution in [0.25, 0.3) is 10.9 Å². The molecule has 318 valence electrons. The first-order valence-corrected chi connectivity index (χ1v) is 22.1. The van der Waals surface area contributed by atoms with Crippen LogP contribution >= 0.6 is 0 Å². The van der Waals surface area contributed by atoms with E-state index in [2.05, 4.69) is 20.5 Å². The molecule has 3 aromatic rings. The van der Waals surface area contributed by atoms with Gasteiger partial charge in [0.2, 0.25) is 27.7 Å². The number of hydrogen-bond acceptors (Lipinski definition) is 11. The van der Waals surface area contributed by atoms with Crippen LogP contribution in [0, 0.1) is 12.8 Å². The molecule has 0 spiro atoms. The molecule has 5 unspecified atom stereocenters. The molecule has 2 aliphatic heterocycles. The van der Waals surface area contributed by atoms with Gasteiger partial charge < -0.3 is 29.7 Å². The predicted molar refractivity (Wildman–Crippen MR) is 218 cm³/mol. The zero-order valence-corrected chi connectivity index (χ0v) is 35.4. The summed E-state index contributed by atoms with van der Waals surface area (Å²) in [6.07, 6.45) is 8.86. The molecule has 7 rings (SSSR count). The molecule has 3 fully saturated rings. The van der Waals surface area contributed by atoms with E-state index in [-0.39, 0.29) is 31.2 Å². The summed E-state index contributed by atoms with van der Waals surface area (Å²) in [6.45, 7) is 9.69. The highest BCUT2D eigenvalue weighted by molar-refractivity contribution is 7.91. The molecule has 5 atom stereocenters. The van der Waals surface area contributed by atoms with E-state index in [1.54, 1.807) is 37.0 Å². The third kappa shape index (κ3) is 8.61. The minimum atomic E-state index is -4.01. The Morgan fingerprint density at radius 2 is 1.88 bits per heavy atom. The lowest BCUT2D eigenvalue weighted by atomic mass is 10.0. The molecular weight excluding hydrogens is 779 g/mol. The van der Waals surface area contributed by atoms with Gasteiger partial charge in [0.15, 0.2) is 0 Å². The van der Waals surface area contributed by atoms with Gasteiger partial charge in [0, 0.05) is 42.1 Å². The maximum Gasteiger partial charge on any atom is 0.272 e. The highest BCUT2D eigenvalue weighted by Crippen LogP contribution is 2.47. The first kappa shape index (κ1) is 42.0. The molecular formula is C42H55N7O9S. The van der Waals surface area contributed by atoms with Crippen molar-refractivity contribution >= 4 is 44.6 Å². The Morgan fingerprint density at radius 1 is 1.10 bits per heavy atom. The zero-order valence-electron chi connectivity index (χ0n) is 34.6. The first-order valence-electron chi connectivity index (χ1n) is 20.6. The fraction of sp³-hybridized carbons (Fsp3) is 0.571. The van der Waals surface area contributed by atoms with Gasteiger partial charge in [0.1, 0.15) is 40.9 Å². The van der Waals surface area contributed by atoms with Crippen molar-refractivity contribution in [2.45, 2.75) is 134 Å². The molecule has 4 aliphatic rings. The third-order valence-corrected chi connectivity index (χ3v) is 14.1. The van der Waals surface area contributed by atoms with E-state index in [4.69, 9.17) is 19.2 Å². The van der Waals surface area contributed by atoms with Gasteiger partial charge in [-0.3, -0.25) is 28.6 Å². The second kappa shape index (κ2) is 16.5. The SMILES string of the molecule is CCn1ccc(C(=O)NC2CCCCCC=CC3CC3(C(=O)NS(=O)(=O)C3(C)CC3)NC(=O)C3CC(Oc4cc(OC(C)C)nc5c(C)c(OC)ccc45)CN3C2=O)n1. The van der Waals surface area contributed by atoms with Crippen molar-refractivity contribution in [2.24, 2.45) is 5.92 Å². The third-order valence-electron chi connectivity index (χ3n) is 12.0. The Kier molecular flexibility index (Phi) is 11.7. The fourth-order valence-electron chi connectivity index (χ4n) is 7.99. The average molecular weight is 834 g/mol. The van der Waals surface area contributed by atoms with Crippen molar-refractivity contribution in [2.75, 3.05) is 13.7 Å². The van der Waals surface area contributed by atoms with Crippen LogP contribution in [0.5, 0.6) is 17.4 Å². The molecule has 59 heavy (non-hydrogen) atoms. The lowest BCUT2D eigenvalue weighted by molar-refractivity contribution is -0.141. The van der Waals surface area contributed by atoms with Gasteiger partial charge in [0.25, 0.3) is 11.8 Å². The van der Waals surface area contributed by atoms with Crippen molar-refractivity contribution in [3.05, 3.63) is 53.9 Å². The van der Waals surface area contributed by atoms with Crippen LogP contribution < -0.4 is 29.6 Å². The van der Waals surface area contributed by atoms with Crippen molar-refractivity contribution in [1.82, 2.24) is 35.0 Å². The van der Waals surface area contributed by atoms with Gasteiger partial charge in [-0.1, -0.05) is 25.0 Å². The zero-order chi connectivity index (χ0) is 42.3. The van der Waals surface area contributed by atoms with Crippen molar-refractivity contribution in [3.8, 4) is 17.4 Å². The first-order chi connectivity index (χ1) is 28.1. The van der Waals surface area contributed by atoms with Crippen LogP contribution in [0.3, 0.4) is 0 Å². The standard InChI is InChI=1S/C42H55N7O9S/c1-7-48-20-17-30(46-48)37(50)43-31-14-12-10-8-9-11-13-27-23-42(27,40(53)47-59(54,55)41(5)18-19-41)45-38(51)32-21-28(24-49(32)39(31)52)58-34-22-35(57-25(2)3)44-36-26(4)33(56-6)16-15-29(34)36/h11,13,15-17,20,22,25,27-28,31-32H,7-10,12,14,18-19,21,23-24H2,1-6H3,(H,43,50)(H,45,51)(H,47,53). The van der Waals surface area contributed by atoms with Crippen molar-refractivity contribution in [1.29, 1.82) is 0 Å². The Balaban J connectivity index is 1.23. The van der Waals surface area contributed by atoms with Crippen LogP contribution in [0.1, 0.15) is 102 Å². The minimum absolute atomic E-state index is 0.0255.